The summed E-state index contributed by atoms with van der Waals surface area (Å²) in [6, 6.07) is 0. The Morgan fingerprint density at radius 1 is 0.489 bits per heavy atom. The first-order valence-electron chi connectivity index (χ1n) is 19.1. The Bertz CT molecular complexity index is 746. The van der Waals surface area contributed by atoms with Gasteiger partial charge in [-0.05, 0) is 52.6 Å². The lowest BCUT2D eigenvalue weighted by Gasteiger charge is -2.22. The van der Waals surface area contributed by atoms with Gasteiger partial charge in [0.25, 0.3) is 0 Å². The van der Waals surface area contributed by atoms with Gasteiger partial charge in [-0.3, -0.25) is 9.59 Å². The molecule has 0 saturated heterocycles. The Balaban J connectivity index is 4.19. The second-order valence-electron chi connectivity index (χ2n) is 12.9. The van der Waals surface area contributed by atoms with Crippen LogP contribution in [-0.2, 0) is 23.8 Å². The van der Waals surface area contributed by atoms with Crippen molar-refractivity contribution >= 4 is 18.0 Å². The second-order valence-corrected chi connectivity index (χ2v) is 12.9. The summed E-state index contributed by atoms with van der Waals surface area (Å²) >= 11 is 0. The fourth-order valence-electron chi connectivity index (χ4n) is 5.12. The smallest absolute Gasteiger partial charge is 0.409 e. The number of likely N-dealkylation sites (N-methyl/N-ethyl adjacent to an activating group) is 1. The van der Waals surface area contributed by atoms with Gasteiger partial charge in [0.2, 0.25) is 0 Å². The number of hydrogen-bond donors (Lipinski definition) is 0. The zero-order valence-corrected chi connectivity index (χ0v) is 31.0. The Labute approximate surface area is 289 Å². The Morgan fingerprint density at radius 3 is 1.30 bits per heavy atom. The Kier molecular flexibility index (Phi) is 33.2. The quantitative estimate of drug-likeness (QED) is 0.0299. The van der Waals surface area contributed by atoms with Crippen molar-refractivity contribution in [3.8, 4) is 0 Å². The monoisotopic (exact) mass is 665 g/mol. The van der Waals surface area contributed by atoms with Crippen LogP contribution in [0.1, 0.15) is 155 Å². The number of unbranched alkanes of at least 4 members (excludes halogenated alkanes) is 16. The number of allylic oxidation sites excluding steroid dienone is 2. The van der Waals surface area contributed by atoms with Crippen LogP contribution in [0.5, 0.6) is 0 Å². The molecule has 0 unspecified atom stereocenters. The zero-order chi connectivity index (χ0) is 34.6. The van der Waals surface area contributed by atoms with Crippen LogP contribution in [0.15, 0.2) is 24.3 Å². The van der Waals surface area contributed by atoms with Gasteiger partial charge < -0.3 is 24.0 Å². The molecule has 8 heteroatoms. The van der Waals surface area contributed by atoms with Crippen molar-refractivity contribution in [1.82, 2.24) is 9.80 Å². The first-order chi connectivity index (χ1) is 22.9. The third kappa shape index (κ3) is 33.3. The lowest BCUT2D eigenvalue weighted by molar-refractivity contribution is -0.143. The topological polar surface area (TPSA) is 85.4 Å². The van der Waals surface area contributed by atoms with Gasteiger partial charge in [-0.1, -0.05) is 128 Å². The number of amides is 1. The second kappa shape index (κ2) is 35.0. The van der Waals surface area contributed by atoms with Crippen LogP contribution in [-0.4, -0.2) is 81.4 Å². The molecule has 0 spiro atoms. The first kappa shape index (κ1) is 44.6. The lowest BCUT2D eigenvalue weighted by atomic mass is 10.1. The maximum atomic E-state index is 12.7. The van der Waals surface area contributed by atoms with Gasteiger partial charge in [-0.2, -0.15) is 0 Å². The van der Waals surface area contributed by atoms with Gasteiger partial charge >= 0.3 is 18.0 Å². The van der Waals surface area contributed by atoms with E-state index >= 15 is 0 Å². The predicted octanol–water partition coefficient (Wildman–Crippen LogP) is 9.81. The van der Waals surface area contributed by atoms with Gasteiger partial charge in [0, 0.05) is 32.5 Å². The van der Waals surface area contributed by atoms with E-state index in [0.29, 0.717) is 32.5 Å². The summed E-state index contributed by atoms with van der Waals surface area (Å²) in [6.45, 7) is 6.67. The fraction of sp³-hybridized carbons (Fsp3) is 0.821. The van der Waals surface area contributed by atoms with Crippen LogP contribution in [0, 0.1) is 0 Å². The van der Waals surface area contributed by atoms with Crippen LogP contribution in [0.3, 0.4) is 0 Å². The molecule has 0 atom stereocenters. The molecule has 47 heavy (non-hydrogen) atoms. The molecule has 0 fully saturated rings. The largest absolute Gasteiger partial charge is 0.461 e. The minimum atomic E-state index is -0.429. The SMILES string of the molecule is CCCCCCCCCC/C=C/COC(=O)CCCN(CCCC(=O)OC/C=C/CCCCCCCCCC)C(=O)OCCN(C)C. The van der Waals surface area contributed by atoms with Crippen LogP contribution < -0.4 is 0 Å². The lowest BCUT2D eigenvalue weighted by Crippen LogP contribution is -2.35. The minimum absolute atomic E-state index is 0.223. The molecular weight excluding hydrogens is 592 g/mol. The zero-order valence-electron chi connectivity index (χ0n) is 31.0. The van der Waals surface area contributed by atoms with Crippen molar-refractivity contribution in [2.24, 2.45) is 0 Å². The van der Waals surface area contributed by atoms with Gasteiger partial charge in [0.1, 0.15) is 19.8 Å². The number of carbonyl (C=O) groups excluding carboxylic acids is 3. The molecule has 8 nitrogen and oxygen atoms in total. The van der Waals surface area contributed by atoms with Gasteiger partial charge in [-0.15, -0.1) is 0 Å². The molecule has 0 radical (unpaired) electrons. The maximum absolute atomic E-state index is 12.7. The van der Waals surface area contributed by atoms with E-state index in [1.807, 2.05) is 31.1 Å². The number of ether oxygens (including phenoxy) is 3. The molecule has 0 aromatic carbocycles. The summed E-state index contributed by atoms with van der Waals surface area (Å²) in [7, 11) is 3.83. The van der Waals surface area contributed by atoms with Crippen LogP contribution in [0.25, 0.3) is 0 Å². The molecule has 274 valence electrons. The molecule has 0 heterocycles. The Hall–Kier alpha value is -2.35. The van der Waals surface area contributed by atoms with Gasteiger partial charge in [-0.25, -0.2) is 4.79 Å². The van der Waals surface area contributed by atoms with Crippen LogP contribution >= 0.6 is 0 Å². The summed E-state index contributed by atoms with van der Waals surface area (Å²) in [5.74, 6) is -0.552. The number of rotatable bonds is 33. The standard InChI is InChI=1S/C39H72N2O6/c1-5-7-9-11-13-15-17-19-21-23-25-34-45-37(42)29-27-31-41(39(44)47-36-33-40(3)4)32-28-30-38(43)46-35-26-24-22-20-18-16-14-12-10-8-6-2/h23-26H,5-22,27-36H2,1-4H3/b25-23+,26-24+. The molecule has 0 bridgehead atoms. The number of carbonyl (C=O) groups is 3. The number of hydrogen-bond acceptors (Lipinski definition) is 7. The van der Waals surface area contributed by atoms with Crippen molar-refractivity contribution in [1.29, 1.82) is 0 Å². The number of nitrogens with zero attached hydrogens (tertiary/aromatic N) is 2. The number of esters is 2. The first-order valence-corrected chi connectivity index (χ1v) is 19.1. The molecule has 0 aliphatic rings. The molecule has 0 rings (SSSR count). The highest BCUT2D eigenvalue weighted by atomic mass is 16.6. The van der Waals surface area contributed by atoms with E-state index in [0.717, 1.165) is 12.8 Å². The average Bonchev–Trinajstić information content (AvgIpc) is 3.04. The van der Waals surface area contributed by atoms with Crippen molar-refractivity contribution in [2.45, 2.75) is 155 Å². The van der Waals surface area contributed by atoms with Gasteiger partial charge in [0.05, 0.1) is 0 Å². The fourth-order valence-corrected chi connectivity index (χ4v) is 5.12. The normalized spacial score (nSPS) is 11.5. The van der Waals surface area contributed by atoms with E-state index in [2.05, 4.69) is 26.0 Å². The van der Waals surface area contributed by atoms with Crippen molar-refractivity contribution in [2.75, 3.05) is 53.6 Å². The van der Waals surface area contributed by atoms with Crippen molar-refractivity contribution in [3.05, 3.63) is 24.3 Å². The van der Waals surface area contributed by atoms with Crippen molar-refractivity contribution < 1.29 is 28.6 Å². The molecule has 0 aliphatic heterocycles. The highest BCUT2D eigenvalue weighted by molar-refractivity contribution is 5.71. The average molecular weight is 665 g/mol. The summed E-state index contributed by atoms with van der Waals surface area (Å²) in [6.07, 6.45) is 31.8. The molecule has 0 aromatic rings. The highest BCUT2D eigenvalue weighted by Gasteiger charge is 2.16. The molecular formula is C39H72N2O6. The van der Waals surface area contributed by atoms with E-state index in [1.165, 1.54) is 103 Å². The third-order valence-electron chi connectivity index (χ3n) is 8.10. The van der Waals surface area contributed by atoms with Crippen molar-refractivity contribution in [3.63, 3.8) is 0 Å². The van der Waals surface area contributed by atoms with E-state index in [-0.39, 0.29) is 44.6 Å². The van der Waals surface area contributed by atoms with Gasteiger partial charge in [0.15, 0.2) is 0 Å². The summed E-state index contributed by atoms with van der Waals surface area (Å²) in [5.41, 5.74) is 0. The summed E-state index contributed by atoms with van der Waals surface area (Å²) < 4.78 is 16.1. The summed E-state index contributed by atoms with van der Waals surface area (Å²) in [4.78, 5) is 40.7. The summed E-state index contributed by atoms with van der Waals surface area (Å²) in [5, 5.41) is 0. The maximum Gasteiger partial charge on any atom is 0.409 e. The molecule has 0 aromatic heterocycles. The molecule has 0 N–H and O–H groups in total. The van der Waals surface area contributed by atoms with Crippen LogP contribution in [0.2, 0.25) is 0 Å². The molecule has 0 saturated carbocycles. The molecule has 1 amide bonds. The molecule has 0 aliphatic carbocycles. The minimum Gasteiger partial charge on any atom is -0.461 e. The van der Waals surface area contributed by atoms with E-state index in [9.17, 15) is 14.4 Å². The van der Waals surface area contributed by atoms with E-state index in [1.54, 1.807) is 4.90 Å². The van der Waals surface area contributed by atoms with E-state index < -0.39 is 6.09 Å². The highest BCUT2D eigenvalue weighted by Crippen LogP contribution is 2.11. The third-order valence-corrected chi connectivity index (χ3v) is 8.10. The predicted molar refractivity (Wildman–Crippen MR) is 195 cm³/mol. The van der Waals surface area contributed by atoms with E-state index in [4.69, 9.17) is 14.2 Å². The Morgan fingerprint density at radius 2 is 0.894 bits per heavy atom. The van der Waals surface area contributed by atoms with Crippen LogP contribution in [0.4, 0.5) is 4.79 Å².